The van der Waals surface area contributed by atoms with Crippen molar-refractivity contribution in [3.05, 3.63) is 29.8 Å². The summed E-state index contributed by atoms with van der Waals surface area (Å²) in [5.74, 6) is 1.68. The normalized spacial score (nSPS) is 12.5. The number of nitriles is 1. The quantitative estimate of drug-likeness (QED) is 0.763. The van der Waals surface area contributed by atoms with Gasteiger partial charge in [0.1, 0.15) is 5.75 Å². The van der Waals surface area contributed by atoms with Gasteiger partial charge in [-0.3, -0.25) is 0 Å². The molecule has 0 heterocycles. The summed E-state index contributed by atoms with van der Waals surface area (Å²) in [6, 6.07) is 10.4. The smallest absolute Gasteiger partial charge is 0.119 e. The Morgan fingerprint density at radius 3 is 2.12 bits per heavy atom. The third kappa shape index (κ3) is 4.11. The maximum Gasteiger partial charge on any atom is 0.119 e. The Bertz CT molecular complexity index is 373. The van der Waals surface area contributed by atoms with Gasteiger partial charge in [-0.05, 0) is 43.4 Å². The number of benzene rings is 1. The number of rotatable bonds is 5. The summed E-state index contributed by atoms with van der Waals surface area (Å²) >= 11 is 0. The van der Waals surface area contributed by atoms with Gasteiger partial charge in [-0.15, -0.1) is 0 Å². The molecule has 0 aliphatic heterocycles. The minimum atomic E-state index is 0.195. The summed E-state index contributed by atoms with van der Waals surface area (Å²) in [5.41, 5.74) is 1.22. The van der Waals surface area contributed by atoms with Crippen molar-refractivity contribution in [1.29, 1.82) is 5.26 Å². The maximum absolute atomic E-state index is 8.85. The van der Waals surface area contributed by atoms with Crippen LogP contribution < -0.4 is 4.74 Å². The molecule has 0 radical (unpaired) electrons. The highest BCUT2D eigenvalue weighted by Crippen LogP contribution is 2.28. The second kappa shape index (κ2) is 6.30. The van der Waals surface area contributed by atoms with Gasteiger partial charge >= 0.3 is 0 Å². The molecule has 0 bridgehead atoms. The molecule has 0 fully saturated rings. The fourth-order valence-corrected chi connectivity index (χ4v) is 1.90. The highest BCUT2D eigenvalue weighted by Gasteiger charge is 2.15. The van der Waals surface area contributed by atoms with Crippen LogP contribution in [-0.4, -0.2) is 6.10 Å². The van der Waals surface area contributed by atoms with Gasteiger partial charge in [-0.1, -0.05) is 26.0 Å². The molecule has 1 rings (SSSR count). The lowest BCUT2D eigenvalue weighted by Crippen LogP contribution is -2.07. The Morgan fingerprint density at radius 2 is 1.71 bits per heavy atom. The van der Waals surface area contributed by atoms with Gasteiger partial charge in [0.2, 0.25) is 0 Å². The molecule has 0 unspecified atom stereocenters. The van der Waals surface area contributed by atoms with Crippen molar-refractivity contribution in [2.24, 2.45) is 5.92 Å². The summed E-state index contributed by atoms with van der Waals surface area (Å²) in [6.45, 7) is 8.34. The third-order valence-electron chi connectivity index (χ3n) is 2.80. The van der Waals surface area contributed by atoms with Gasteiger partial charge in [-0.25, -0.2) is 0 Å². The minimum Gasteiger partial charge on any atom is -0.491 e. The Kier molecular flexibility index (Phi) is 5.03. The van der Waals surface area contributed by atoms with E-state index in [-0.39, 0.29) is 6.10 Å². The summed E-state index contributed by atoms with van der Waals surface area (Å²) in [6.07, 6.45) is 0.767. The van der Waals surface area contributed by atoms with Crippen LogP contribution in [-0.2, 0) is 0 Å². The van der Waals surface area contributed by atoms with Crippen LogP contribution in [0.15, 0.2) is 24.3 Å². The van der Waals surface area contributed by atoms with E-state index in [4.69, 9.17) is 10.00 Å². The fraction of sp³-hybridized carbons (Fsp3) is 0.533. The van der Waals surface area contributed by atoms with Crippen molar-refractivity contribution in [3.63, 3.8) is 0 Å². The summed E-state index contributed by atoms with van der Waals surface area (Å²) in [7, 11) is 0. The van der Waals surface area contributed by atoms with Crippen molar-refractivity contribution < 1.29 is 4.74 Å². The topological polar surface area (TPSA) is 33.0 Å². The number of nitrogens with zero attached hydrogens (tertiary/aromatic N) is 1. The van der Waals surface area contributed by atoms with Gasteiger partial charge in [0.15, 0.2) is 0 Å². The lowest BCUT2D eigenvalue weighted by atomic mass is 9.86. The largest absolute Gasteiger partial charge is 0.491 e. The summed E-state index contributed by atoms with van der Waals surface area (Å²) in [5, 5.41) is 8.85. The van der Waals surface area contributed by atoms with E-state index in [0.29, 0.717) is 18.3 Å². The van der Waals surface area contributed by atoms with Crippen LogP contribution in [0.3, 0.4) is 0 Å². The Balaban J connectivity index is 2.81. The van der Waals surface area contributed by atoms with E-state index in [1.165, 1.54) is 5.56 Å². The highest BCUT2D eigenvalue weighted by atomic mass is 16.5. The first-order valence-corrected chi connectivity index (χ1v) is 6.18. The molecule has 0 aliphatic rings. The molecule has 0 N–H and O–H groups in total. The van der Waals surface area contributed by atoms with E-state index in [9.17, 15) is 0 Å². The molecule has 17 heavy (non-hydrogen) atoms. The van der Waals surface area contributed by atoms with E-state index in [1.807, 2.05) is 26.0 Å². The van der Waals surface area contributed by atoms with Crippen LogP contribution in [0, 0.1) is 17.2 Å². The monoisotopic (exact) mass is 231 g/mol. The number of ether oxygens (including phenoxy) is 1. The molecule has 1 aromatic carbocycles. The summed E-state index contributed by atoms with van der Waals surface area (Å²) in [4.78, 5) is 0. The molecule has 0 aliphatic carbocycles. The van der Waals surface area contributed by atoms with Crippen molar-refractivity contribution in [1.82, 2.24) is 0 Å². The molecule has 92 valence electrons. The Hall–Kier alpha value is -1.49. The predicted octanol–water partition coefficient (Wildman–Crippen LogP) is 4.13. The number of hydrogen-bond donors (Lipinski definition) is 0. The first kappa shape index (κ1) is 13.6. The zero-order valence-electron chi connectivity index (χ0n) is 11.1. The first-order valence-electron chi connectivity index (χ1n) is 6.18. The third-order valence-corrected chi connectivity index (χ3v) is 2.80. The van der Waals surface area contributed by atoms with Gasteiger partial charge in [0, 0.05) is 6.42 Å². The molecule has 0 spiro atoms. The van der Waals surface area contributed by atoms with E-state index in [0.717, 1.165) is 5.75 Å². The van der Waals surface area contributed by atoms with Crippen molar-refractivity contribution in [2.75, 3.05) is 0 Å². The standard InChI is InChI=1S/C15H21NO/c1-11(2)15(9-10-16)13-5-7-14(8-6-13)17-12(3)4/h5-8,11-12,15H,9H2,1-4H3/t15-/m0/s1. The second-order valence-electron chi connectivity index (χ2n) is 4.95. The summed E-state index contributed by atoms with van der Waals surface area (Å²) < 4.78 is 5.60. The first-order chi connectivity index (χ1) is 8.04. The van der Waals surface area contributed by atoms with Crippen molar-refractivity contribution in [2.45, 2.75) is 46.1 Å². The average molecular weight is 231 g/mol. The highest BCUT2D eigenvalue weighted by molar-refractivity contribution is 5.30. The molecule has 2 nitrogen and oxygen atoms in total. The van der Waals surface area contributed by atoms with E-state index in [2.05, 4.69) is 32.0 Å². The lowest BCUT2D eigenvalue weighted by molar-refractivity contribution is 0.242. The Morgan fingerprint density at radius 1 is 1.12 bits per heavy atom. The molecular weight excluding hydrogens is 210 g/mol. The van der Waals surface area contributed by atoms with Gasteiger partial charge in [-0.2, -0.15) is 5.26 Å². The fourth-order valence-electron chi connectivity index (χ4n) is 1.90. The molecule has 0 amide bonds. The van der Waals surface area contributed by atoms with Crippen LogP contribution in [0.5, 0.6) is 5.75 Å². The molecule has 0 aromatic heterocycles. The SMILES string of the molecule is CC(C)Oc1ccc([C@@H](CC#N)C(C)C)cc1. The minimum absolute atomic E-state index is 0.195. The predicted molar refractivity (Wildman–Crippen MR) is 70.0 cm³/mol. The van der Waals surface area contributed by atoms with Crippen molar-refractivity contribution >= 4 is 0 Å². The van der Waals surface area contributed by atoms with Gasteiger partial charge in [0.05, 0.1) is 12.2 Å². The van der Waals surface area contributed by atoms with Crippen LogP contribution in [0.4, 0.5) is 0 Å². The zero-order chi connectivity index (χ0) is 12.8. The number of hydrogen-bond acceptors (Lipinski definition) is 2. The van der Waals surface area contributed by atoms with Crippen molar-refractivity contribution in [3.8, 4) is 11.8 Å². The molecular formula is C15H21NO. The van der Waals surface area contributed by atoms with Crippen LogP contribution >= 0.6 is 0 Å². The van der Waals surface area contributed by atoms with Crippen LogP contribution in [0.25, 0.3) is 0 Å². The lowest BCUT2D eigenvalue weighted by Gasteiger charge is -2.19. The van der Waals surface area contributed by atoms with E-state index >= 15 is 0 Å². The van der Waals surface area contributed by atoms with E-state index in [1.54, 1.807) is 0 Å². The van der Waals surface area contributed by atoms with Gasteiger partial charge < -0.3 is 4.74 Å². The second-order valence-corrected chi connectivity index (χ2v) is 4.95. The molecule has 1 aromatic rings. The maximum atomic E-state index is 8.85. The molecule has 2 heteroatoms. The molecule has 0 saturated heterocycles. The van der Waals surface area contributed by atoms with Crippen LogP contribution in [0.2, 0.25) is 0 Å². The Labute approximate surface area is 104 Å². The molecule has 0 saturated carbocycles. The van der Waals surface area contributed by atoms with Gasteiger partial charge in [0.25, 0.3) is 0 Å². The average Bonchev–Trinajstić information content (AvgIpc) is 2.26. The molecule has 1 atom stereocenters. The van der Waals surface area contributed by atoms with Crippen LogP contribution in [0.1, 0.15) is 45.6 Å². The zero-order valence-corrected chi connectivity index (χ0v) is 11.1. The van der Waals surface area contributed by atoms with E-state index < -0.39 is 0 Å².